The SMILES string of the molecule is O=C(Cn1ccc2ccc(Cl)cc21)NCC1CCN(Cc2cccs2)CC1. The van der Waals surface area contributed by atoms with Crippen LogP contribution in [0.15, 0.2) is 48.0 Å². The third kappa shape index (κ3) is 4.72. The molecule has 0 saturated carbocycles. The number of amides is 1. The highest BCUT2D eigenvalue weighted by Crippen LogP contribution is 2.21. The van der Waals surface area contributed by atoms with Gasteiger partial charge in [-0.15, -0.1) is 11.3 Å². The third-order valence-corrected chi connectivity index (χ3v) is 6.40. The Hall–Kier alpha value is -1.82. The molecule has 0 unspecified atom stereocenters. The van der Waals surface area contributed by atoms with E-state index in [9.17, 15) is 4.79 Å². The largest absolute Gasteiger partial charge is 0.354 e. The Morgan fingerprint density at radius 2 is 2.07 bits per heavy atom. The van der Waals surface area contributed by atoms with E-state index in [1.54, 1.807) is 0 Å². The normalized spacial score (nSPS) is 16.0. The van der Waals surface area contributed by atoms with Crippen LogP contribution in [-0.4, -0.2) is 35.0 Å². The van der Waals surface area contributed by atoms with E-state index in [0.29, 0.717) is 17.5 Å². The van der Waals surface area contributed by atoms with E-state index >= 15 is 0 Å². The lowest BCUT2D eigenvalue weighted by atomic mass is 9.97. The van der Waals surface area contributed by atoms with Crippen LogP contribution in [0.1, 0.15) is 17.7 Å². The highest BCUT2D eigenvalue weighted by molar-refractivity contribution is 7.09. The molecule has 3 heterocycles. The Kier molecular flexibility index (Phi) is 5.81. The van der Waals surface area contributed by atoms with Crippen LogP contribution < -0.4 is 5.32 Å². The van der Waals surface area contributed by atoms with Crippen LogP contribution in [0.4, 0.5) is 0 Å². The zero-order valence-corrected chi connectivity index (χ0v) is 16.8. The fourth-order valence-electron chi connectivity index (χ4n) is 3.74. The van der Waals surface area contributed by atoms with Crippen molar-refractivity contribution in [1.29, 1.82) is 0 Å². The Morgan fingerprint density at radius 3 is 2.85 bits per heavy atom. The number of likely N-dealkylation sites (tertiary alicyclic amines) is 1. The van der Waals surface area contributed by atoms with Gasteiger partial charge in [-0.05, 0) is 66.9 Å². The molecule has 142 valence electrons. The van der Waals surface area contributed by atoms with E-state index in [0.717, 1.165) is 49.9 Å². The molecule has 0 radical (unpaired) electrons. The molecular formula is C21H24ClN3OS. The van der Waals surface area contributed by atoms with Gasteiger partial charge in [-0.1, -0.05) is 23.7 Å². The van der Waals surface area contributed by atoms with Crippen LogP contribution in [0.2, 0.25) is 5.02 Å². The Balaban J connectivity index is 1.23. The van der Waals surface area contributed by atoms with Gasteiger partial charge in [-0.2, -0.15) is 0 Å². The van der Waals surface area contributed by atoms with Gasteiger partial charge in [0.2, 0.25) is 5.91 Å². The summed E-state index contributed by atoms with van der Waals surface area (Å²) in [4.78, 5) is 16.3. The summed E-state index contributed by atoms with van der Waals surface area (Å²) in [7, 11) is 0. The molecule has 3 aromatic rings. The van der Waals surface area contributed by atoms with Crippen LogP contribution >= 0.6 is 22.9 Å². The number of nitrogens with zero attached hydrogens (tertiary/aromatic N) is 2. The number of carbonyl (C=O) groups is 1. The van der Waals surface area contributed by atoms with Gasteiger partial charge in [0.1, 0.15) is 6.54 Å². The first-order valence-electron chi connectivity index (χ1n) is 9.43. The minimum atomic E-state index is 0.0634. The van der Waals surface area contributed by atoms with Gasteiger partial charge in [0, 0.05) is 34.7 Å². The molecule has 0 bridgehead atoms. The highest BCUT2D eigenvalue weighted by atomic mass is 35.5. The molecule has 1 amide bonds. The number of fused-ring (bicyclic) bond motifs is 1. The van der Waals surface area contributed by atoms with Crippen molar-refractivity contribution < 1.29 is 4.79 Å². The van der Waals surface area contributed by atoms with Crippen molar-refractivity contribution >= 4 is 39.7 Å². The fourth-order valence-corrected chi connectivity index (χ4v) is 4.65. The van der Waals surface area contributed by atoms with Crippen molar-refractivity contribution in [3.8, 4) is 0 Å². The number of aromatic nitrogens is 1. The second-order valence-corrected chi connectivity index (χ2v) is 8.72. The monoisotopic (exact) mass is 401 g/mol. The number of rotatable bonds is 6. The number of carbonyl (C=O) groups excluding carboxylic acids is 1. The van der Waals surface area contributed by atoms with Crippen molar-refractivity contribution in [3.05, 3.63) is 57.9 Å². The first-order valence-corrected chi connectivity index (χ1v) is 10.7. The maximum Gasteiger partial charge on any atom is 0.239 e. The zero-order valence-electron chi connectivity index (χ0n) is 15.2. The predicted molar refractivity (Wildman–Crippen MR) is 112 cm³/mol. The molecule has 0 aliphatic carbocycles. The number of hydrogen-bond acceptors (Lipinski definition) is 3. The van der Waals surface area contributed by atoms with Crippen LogP contribution in [0, 0.1) is 5.92 Å². The molecule has 1 aliphatic rings. The Bertz CT molecular complexity index is 897. The number of piperidine rings is 1. The van der Waals surface area contributed by atoms with Crippen LogP contribution in [0.5, 0.6) is 0 Å². The summed E-state index contributed by atoms with van der Waals surface area (Å²) in [5.41, 5.74) is 1.000. The average Bonchev–Trinajstić information content (AvgIpc) is 3.31. The van der Waals surface area contributed by atoms with Crippen LogP contribution in [-0.2, 0) is 17.9 Å². The molecular weight excluding hydrogens is 378 g/mol. The predicted octanol–water partition coefficient (Wildman–Crippen LogP) is 4.38. The summed E-state index contributed by atoms with van der Waals surface area (Å²) in [6.45, 7) is 4.38. The minimum absolute atomic E-state index is 0.0634. The van der Waals surface area contributed by atoms with Gasteiger partial charge >= 0.3 is 0 Å². The second kappa shape index (κ2) is 8.46. The van der Waals surface area contributed by atoms with E-state index in [4.69, 9.17) is 11.6 Å². The highest BCUT2D eigenvalue weighted by Gasteiger charge is 2.20. The summed E-state index contributed by atoms with van der Waals surface area (Å²) < 4.78 is 1.96. The van der Waals surface area contributed by atoms with Gasteiger partial charge in [0.15, 0.2) is 0 Å². The minimum Gasteiger partial charge on any atom is -0.354 e. The maximum atomic E-state index is 12.4. The molecule has 0 atom stereocenters. The molecule has 0 spiro atoms. The van der Waals surface area contributed by atoms with E-state index in [2.05, 4.69) is 27.7 Å². The van der Waals surface area contributed by atoms with Crippen molar-refractivity contribution in [2.75, 3.05) is 19.6 Å². The molecule has 6 heteroatoms. The Labute approximate surface area is 168 Å². The summed E-state index contributed by atoms with van der Waals surface area (Å²) in [6.07, 6.45) is 4.24. The number of thiophene rings is 1. The molecule has 2 aromatic heterocycles. The van der Waals surface area contributed by atoms with Crippen LogP contribution in [0.3, 0.4) is 0 Å². The molecule has 1 saturated heterocycles. The lowest BCUT2D eigenvalue weighted by Crippen LogP contribution is -2.39. The second-order valence-electron chi connectivity index (χ2n) is 7.25. The molecule has 1 aliphatic heterocycles. The lowest BCUT2D eigenvalue weighted by Gasteiger charge is -2.31. The fraction of sp³-hybridized carbons (Fsp3) is 0.381. The first kappa shape index (κ1) is 18.5. The van der Waals surface area contributed by atoms with Crippen molar-refractivity contribution in [2.24, 2.45) is 5.92 Å². The first-order chi connectivity index (χ1) is 13.2. The Morgan fingerprint density at radius 1 is 1.22 bits per heavy atom. The van der Waals surface area contributed by atoms with Gasteiger partial charge in [-0.25, -0.2) is 0 Å². The summed E-state index contributed by atoms with van der Waals surface area (Å²) >= 11 is 7.91. The molecule has 4 rings (SSSR count). The van der Waals surface area contributed by atoms with E-state index < -0.39 is 0 Å². The van der Waals surface area contributed by atoms with E-state index in [1.165, 1.54) is 4.88 Å². The van der Waals surface area contributed by atoms with Crippen molar-refractivity contribution in [3.63, 3.8) is 0 Å². The van der Waals surface area contributed by atoms with Crippen molar-refractivity contribution in [1.82, 2.24) is 14.8 Å². The zero-order chi connectivity index (χ0) is 18.6. The van der Waals surface area contributed by atoms with E-state index in [1.807, 2.05) is 46.4 Å². The smallest absolute Gasteiger partial charge is 0.239 e. The standard InChI is InChI=1S/C21H24ClN3OS/c22-18-4-3-17-7-10-25(20(17)12-18)15-21(26)23-13-16-5-8-24(9-6-16)14-19-2-1-11-27-19/h1-4,7,10-12,16H,5-6,8-9,13-15H2,(H,23,26). The number of hydrogen-bond donors (Lipinski definition) is 1. The van der Waals surface area contributed by atoms with Gasteiger partial charge in [-0.3, -0.25) is 9.69 Å². The molecule has 1 fully saturated rings. The number of nitrogens with one attached hydrogen (secondary N) is 1. The van der Waals surface area contributed by atoms with Gasteiger partial charge < -0.3 is 9.88 Å². The van der Waals surface area contributed by atoms with E-state index in [-0.39, 0.29) is 5.91 Å². The van der Waals surface area contributed by atoms with Gasteiger partial charge in [0.25, 0.3) is 0 Å². The molecule has 27 heavy (non-hydrogen) atoms. The third-order valence-electron chi connectivity index (χ3n) is 5.30. The number of benzene rings is 1. The summed E-state index contributed by atoms with van der Waals surface area (Å²) in [5.74, 6) is 0.637. The molecule has 1 N–H and O–H groups in total. The lowest BCUT2D eigenvalue weighted by molar-refractivity contribution is -0.121. The van der Waals surface area contributed by atoms with Gasteiger partial charge in [0.05, 0.1) is 0 Å². The van der Waals surface area contributed by atoms with Crippen LogP contribution in [0.25, 0.3) is 10.9 Å². The number of halogens is 1. The summed E-state index contributed by atoms with van der Waals surface area (Å²) in [6, 6.07) is 12.1. The molecule has 4 nitrogen and oxygen atoms in total. The van der Waals surface area contributed by atoms with Crippen molar-refractivity contribution in [2.45, 2.75) is 25.9 Å². The average molecular weight is 402 g/mol. The summed E-state index contributed by atoms with van der Waals surface area (Å²) in [5, 5.41) is 7.05. The molecule has 1 aromatic carbocycles. The maximum absolute atomic E-state index is 12.4. The topological polar surface area (TPSA) is 37.3 Å². The quantitative estimate of drug-likeness (QED) is 0.665.